The Kier molecular flexibility index (Phi) is 7.98. The zero-order valence-corrected chi connectivity index (χ0v) is 20.2. The lowest BCUT2D eigenvalue weighted by Crippen LogP contribution is -2.57. The van der Waals surface area contributed by atoms with E-state index in [1.54, 1.807) is 0 Å². The molecule has 3 aliphatic rings. The molecule has 3 fully saturated rings. The van der Waals surface area contributed by atoms with E-state index in [2.05, 4.69) is 24.1 Å². The molecule has 0 unspecified atom stereocenters. The first kappa shape index (κ1) is 26.8. The first-order chi connectivity index (χ1) is 16.3. The first-order valence-electron chi connectivity index (χ1n) is 11.8. The molecule has 3 aliphatic heterocycles. The molecule has 3 saturated heterocycles. The molecule has 0 radical (unpaired) electrons. The van der Waals surface area contributed by atoms with Crippen molar-refractivity contribution in [1.82, 2.24) is 14.7 Å². The number of nitrogens with one attached hydrogen (secondary N) is 1. The number of benzene rings is 1. The number of hydrogen-bond acceptors (Lipinski definition) is 4. The Morgan fingerprint density at radius 1 is 1.14 bits per heavy atom. The molecule has 0 saturated carbocycles. The molecule has 4 rings (SSSR count). The summed E-state index contributed by atoms with van der Waals surface area (Å²) in [6.07, 6.45) is -3.34. The van der Waals surface area contributed by atoms with Gasteiger partial charge in [0.15, 0.2) is 0 Å². The summed E-state index contributed by atoms with van der Waals surface area (Å²) < 4.78 is 31.7. The number of carboxylic acid groups (broad SMARTS) is 1. The van der Waals surface area contributed by atoms with E-state index in [1.807, 2.05) is 47.2 Å². The summed E-state index contributed by atoms with van der Waals surface area (Å²) in [7, 11) is 1.98. The SMILES string of the molecule is CC(C)CN1C[C@@H]2C(=O)N(C)C3(CCN(C(=O)Nc4ccccc4)CC3)[C@@H]2C1.O=C(O)C(F)(F)F. The number of amides is 3. The maximum Gasteiger partial charge on any atom is 0.490 e. The summed E-state index contributed by atoms with van der Waals surface area (Å²) in [6, 6.07) is 9.54. The highest BCUT2D eigenvalue weighted by Gasteiger charge is 2.60. The van der Waals surface area contributed by atoms with E-state index in [0.29, 0.717) is 30.8 Å². The third kappa shape index (κ3) is 5.88. The number of carbonyl (C=O) groups is 3. The summed E-state index contributed by atoms with van der Waals surface area (Å²) in [5.41, 5.74) is 0.734. The van der Waals surface area contributed by atoms with Gasteiger partial charge in [0.2, 0.25) is 5.91 Å². The fraction of sp³-hybridized carbons (Fsp3) is 0.625. The molecular formula is C24H33F3N4O4. The van der Waals surface area contributed by atoms with Gasteiger partial charge in [-0.1, -0.05) is 32.0 Å². The number of anilines is 1. The van der Waals surface area contributed by atoms with Gasteiger partial charge in [0.25, 0.3) is 0 Å². The van der Waals surface area contributed by atoms with E-state index < -0.39 is 12.1 Å². The van der Waals surface area contributed by atoms with Crippen molar-refractivity contribution in [3.63, 3.8) is 0 Å². The first-order valence-corrected chi connectivity index (χ1v) is 11.8. The number of likely N-dealkylation sites (tertiary alicyclic amines) is 3. The normalized spacial score (nSPS) is 23.8. The van der Waals surface area contributed by atoms with Crippen molar-refractivity contribution < 1.29 is 32.7 Å². The van der Waals surface area contributed by atoms with Crippen LogP contribution in [0.4, 0.5) is 23.7 Å². The number of fused-ring (bicyclic) bond motifs is 2. The summed E-state index contributed by atoms with van der Waals surface area (Å²) in [5.74, 6) is -1.31. The van der Waals surface area contributed by atoms with Gasteiger partial charge < -0.3 is 25.1 Å². The monoisotopic (exact) mass is 498 g/mol. The smallest absolute Gasteiger partial charge is 0.475 e. The van der Waals surface area contributed by atoms with Crippen molar-refractivity contribution in [2.45, 2.75) is 38.4 Å². The summed E-state index contributed by atoms with van der Waals surface area (Å²) in [5, 5.41) is 10.1. The van der Waals surface area contributed by atoms with E-state index in [1.165, 1.54) is 0 Å². The molecule has 2 N–H and O–H groups in total. The predicted molar refractivity (Wildman–Crippen MR) is 124 cm³/mol. The minimum absolute atomic E-state index is 0.0440. The van der Waals surface area contributed by atoms with Crippen LogP contribution < -0.4 is 5.32 Å². The van der Waals surface area contributed by atoms with E-state index in [-0.39, 0.29) is 17.5 Å². The lowest BCUT2D eigenvalue weighted by molar-refractivity contribution is -0.192. The Morgan fingerprint density at radius 3 is 2.23 bits per heavy atom. The standard InChI is InChI=1S/C22H32N4O2.C2HF3O2/c1-16(2)13-25-14-18-19(15-25)22(24(3)20(18)27)9-11-26(12-10-22)21(28)23-17-7-5-4-6-8-17;3-2(4,5)1(6)7/h4-8,16,18-19H,9-15H2,1-3H3,(H,23,28);(H,6,7)/t18-,19+;/m0./s1. The predicted octanol–water partition coefficient (Wildman–Crippen LogP) is 3.36. The quantitative estimate of drug-likeness (QED) is 0.667. The third-order valence-corrected chi connectivity index (χ3v) is 7.21. The van der Waals surface area contributed by atoms with Crippen LogP contribution in [0.25, 0.3) is 0 Å². The Morgan fingerprint density at radius 2 is 1.71 bits per heavy atom. The molecule has 11 heteroatoms. The Balaban J connectivity index is 0.000000429. The van der Waals surface area contributed by atoms with E-state index >= 15 is 0 Å². The fourth-order valence-corrected chi connectivity index (χ4v) is 5.59. The van der Waals surface area contributed by atoms with Crippen molar-refractivity contribution >= 4 is 23.6 Å². The number of carboxylic acids is 1. The third-order valence-electron chi connectivity index (χ3n) is 7.21. The van der Waals surface area contributed by atoms with Crippen molar-refractivity contribution in [3.05, 3.63) is 30.3 Å². The van der Waals surface area contributed by atoms with Crippen LogP contribution in [0, 0.1) is 17.8 Å². The highest BCUT2D eigenvalue weighted by molar-refractivity contribution is 5.89. The van der Waals surface area contributed by atoms with Crippen molar-refractivity contribution in [2.75, 3.05) is 45.1 Å². The zero-order chi connectivity index (χ0) is 26.0. The average molecular weight is 499 g/mol. The number of nitrogens with zero attached hydrogens (tertiary/aromatic N) is 3. The minimum Gasteiger partial charge on any atom is -0.475 e. The van der Waals surface area contributed by atoms with Crippen LogP contribution in [-0.2, 0) is 9.59 Å². The molecule has 194 valence electrons. The number of carbonyl (C=O) groups excluding carboxylic acids is 2. The van der Waals surface area contributed by atoms with Gasteiger partial charge in [-0.3, -0.25) is 4.79 Å². The number of aliphatic carboxylic acids is 1. The molecular weight excluding hydrogens is 465 g/mol. The van der Waals surface area contributed by atoms with Crippen LogP contribution in [0.5, 0.6) is 0 Å². The molecule has 1 aromatic rings. The second-order valence-corrected chi connectivity index (χ2v) is 9.91. The molecule has 3 amide bonds. The van der Waals surface area contributed by atoms with Gasteiger partial charge in [0.05, 0.1) is 11.5 Å². The van der Waals surface area contributed by atoms with Crippen molar-refractivity contribution in [2.24, 2.45) is 17.8 Å². The molecule has 1 aromatic carbocycles. The minimum atomic E-state index is -5.08. The van der Waals surface area contributed by atoms with Crippen molar-refractivity contribution in [3.8, 4) is 0 Å². The van der Waals surface area contributed by atoms with Gasteiger partial charge in [-0.2, -0.15) is 13.2 Å². The average Bonchev–Trinajstić information content (AvgIpc) is 3.28. The summed E-state index contributed by atoms with van der Waals surface area (Å²) in [6.45, 7) is 8.84. The molecule has 1 spiro atoms. The lowest BCUT2D eigenvalue weighted by Gasteiger charge is -2.46. The maximum absolute atomic E-state index is 13.0. The van der Waals surface area contributed by atoms with Crippen LogP contribution in [0.3, 0.4) is 0 Å². The topological polar surface area (TPSA) is 93.2 Å². The van der Waals surface area contributed by atoms with Crippen LogP contribution >= 0.6 is 0 Å². The van der Waals surface area contributed by atoms with E-state index in [9.17, 15) is 22.8 Å². The number of piperidine rings is 1. The maximum atomic E-state index is 13.0. The number of urea groups is 1. The molecule has 0 aliphatic carbocycles. The second kappa shape index (κ2) is 10.4. The molecule has 35 heavy (non-hydrogen) atoms. The van der Waals surface area contributed by atoms with Gasteiger partial charge in [-0.05, 0) is 30.9 Å². The number of halogens is 3. The second-order valence-electron chi connectivity index (χ2n) is 9.91. The summed E-state index contributed by atoms with van der Waals surface area (Å²) in [4.78, 5) is 40.9. The Labute approximate surface area is 203 Å². The zero-order valence-electron chi connectivity index (χ0n) is 20.2. The van der Waals surface area contributed by atoms with E-state index in [0.717, 1.165) is 38.2 Å². The van der Waals surface area contributed by atoms with Gasteiger partial charge in [0, 0.05) is 51.4 Å². The molecule has 3 heterocycles. The Bertz CT molecular complexity index is 917. The van der Waals surface area contributed by atoms with Gasteiger partial charge in [0.1, 0.15) is 0 Å². The molecule has 0 bridgehead atoms. The number of hydrogen-bond donors (Lipinski definition) is 2. The van der Waals surface area contributed by atoms with Crippen LogP contribution in [0.1, 0.15) is 26.7 Å². The van der Waals surface area contributed by atoms with Crippen molar-refractivity contribution in [1.29, 1.82) is 0 Å². The van der Waals surface area contributed by atoms with Gasteiger partial charge in [-0.15, -0.1) is 0 Å². The number of rotatable bonds is 3. The van der Waals surface area contributed by atoms with Gasteiger partial charge >= 0.3 is 18.2 Å². The molecule has 8 nitrogen and oxygen atoms in total. The lowest BCUT2D eigenvalue weighted by atomic mass is 9.75. The molecule has 2 atom stereocenters. The fourth-order valence-electron chi connectivity index (χ4n) is 5.59. The van der Waals surface area contributed by atoms with Crippen LogP contribution in [0.15, 0.2) is 30.3 Å². The summed E-state index contributed by atoms with van der Waals surface area (Å²) >= 11 is 0. The molecule has 0 aromatic heterocycles. The van der Waals surface area contributed by atoms with Gasteiger partial charge in [-0.25, -0.2) is 9.59 Å². The number of para-hydroxylation sites is 1. The highest BCUT2D eigenvalue weighted by atomic mass is 19.4. The van der Waals surface area contributed by atoms with Crippen LogP contribution in [-0.4, -0.2) is 89.2 Å². The number of alkyl halides is 3. The highest BCUT2D eigenvalue weighted by Crippen LogP contribution is 2.49. The van der Waals surface area contributed by atoms with Crippen LogP contribution in [0.2, 0.25) is 0 Å². The largest absolute Gasteiger partial charge is 0.490 e. The van der Waals surface area contributed by atoms with E-state index in [4.69, 9.17) is 9.90 Å². The Hall–Kier alpha value is -2.82.